The Morgan fingerprint density at radius 2 is 1.97 bits per heavy atom. The standard InChI is InChI=1S/C24H24N8O2/c1-2-32-19-17(28-20(32)22-30-29-21(34-22)14-7-8-14)18(25-13-26-19)31-11-9-24(10-12-31)15-5-3-4-6-16(15)27-23(24)33/h3-6,13-14H,2,7-12H2,1H3,(H,27,33). The molecule has 2 fully saturated rings. The molecule has 0 bridgehead atoms. The van der Waals surface area contributed by atoms with Crippen LogP contribution in [0.2, 0.25) is 0 Å². The molecule has 4 aromatic rings. The predicted molar refractivity (Wildman–Crippen MR) is 124 cm³/mol. The van der Waals surface area contributed by atoms with Gasteiger partial charge in [0.15, 0.2) is 17.0 Å². The molecule has 1 saturated heterocycles. The highest BCUT2D eigenvalue weighted by Gasteiger charge is 2.48. The Balaban J connectivity index is 1.24. The van der Waals surface area contributed by atoms with Crippen LogP contribution >= 0.6 is 0 Å². The molecule has 1 aliphatic carbocycles. The number of carbonyl (C=O) groups is 1. The van der Waals surface area contributed by atoms with E-state index in [9.17, 15) is 4.79 Å². The fourth-order valence-electron chi connectivity index (χ4n) is 5.41. The minimum absolute atomic E-state index is 0.0987. The van der Waals surface area contributed by atoms with Gasteiger partial charge in [-0.2, -0.15) is 0 Å². The number of nitrogens with zero attached hydrogens (tertiary/aromatic N) is 7. The molecular weight excluding hydrogens is 432 g/mol. The lowest BCUT2D eigenvalue weighted by atomic mass is 9.73. The van der Waals surface area contributed by atoms with Gasteiger partial charge in [-0.3, -0.25) is 4.79 Å². The number of imidazole rings is 1. The smallest absolute Gasteiger partial charge is 0.284 e. The van der Waals surface area contributed by atoms with Crippen molar-refractivity contribution in [2.45, 2.75) is 50.5 Å². The number of fused-ring (bicyclic) bond motifs is 3. The molecule has 7 rings (SSSR count). The molecule has 1 spiro atoms. The number of nitrogens with one attached hydrogen (secondary N) is 1. The van der Waals surface area contributed by atoms with Crippen molar-refractivity contribution >= 4 is 28.6 Å². The zero-order valence-corrected chi connectivity index (χ0v) is 18.9. The Bertz CT molecular complexity index is 1430. The highest BCUT2D eigenvalue weighted by Crippen LogP contribution is 2.45. The van der Waals surface area contributed by atoms with E-state index in [0.717, 1.165) is 53.9 Å². The third-order valence-corrected chi connectivity index (χ3v) is 7.43. The van der Waals surface area contributed by atoms with Crippen molar-refractivity contribution in [3.8, 4) is 11.7 Å². The molecule has 5 heterocycles. The number of anilines is 2. The van der Waals surface area contributed by atoms with Crippen LogP contribution in [0.3, 0.4) is 0 Å². The maximum Gasteiger partial charge on any atom is 0.284 e. The van der Waals surface area contributed by atoms with Crippen molar-refractivity contribution in [3.05, 3.63) is 42.0 Å². The Morgan fingerprint density at radius 1 is 1.15 bits per heavy atom. The zero-order chi connectivity index (χ0) is 22.9. The Kier molecular flexibility index (Phi) is 4.09. The van der Waals surface area contributed by atoms with Crippen LogP contribution < -0.4 is 10.2 Å². The van der Waals surface area contributed by atoms with E-state index < -0.39 is 5.41 Å². The highest BCUT2D eigenvalue weighted by molar-refractivity contribution is 6.06. The molecule has 2 aliphatic heterocycles. The summed E-state index contributed by atoms with van der Waals surface area (Å²) in [6, 6.07) is 8.02. The third kappa shape index (κ3) is 2.74. The molecule has 10 heteroatoms. The van der Waals surface area contributed by atoms with E-state index >= 15 is 0 Å². The molecule has 1 aromatic carbocycles. The summed E-state index contributed by atoms with van der Waals surface area (Å²) in [6.45, 7) is 4.12. The summed E-state index contributed by atoms with van der Waals surface area (Å²) in [6.07, 6.45) is 5.22. The molecule has 10 nitrogen and oxygen atoms in total. The van der Waals surface area contributed by atoms with E-state index in [-0.39, 0.29) is 5.91 Å². The van der Waals surface area contributed by atoms with Crippen LogP contribution in [0.25, 0.3) is 22.9 Å². The van der Waals surface area contributed by atoms with Crippen LogP contribution in [-0.4, -0.2) is 48.7 Å². The Hall–Kier alpha value is -3.82. The first-order valence-electron chi connectivity index (χ1n) is 11.9. The van der Waals surface area contributed by atoms with E-state index in [1.807, 2.05) is 29.7 Å². The van der Waals surface area contributed by atoms with E-state index in [0.29, 0.717) is 43.2 Å². The maximum absolute atomic E-state index is 13.0. The minimum atomic E-state index is -0.476. The van der Waals surface area contributed by atoms with Gasteiger partial charge in [-0.25, -0.2) is 15.0 Å². The number of benzene rings is 1. The topological polar surface area (TPSA) is 115 Å². The summed E-state index contributed by atoms with van der Waals surface area (Å²) in [5.41, 5.74) is 3.03. The number of aryl methyl sites for hydroxylation is 1. The number of amides is 1. The van der Waals surface area contributed by atoms with Crippen LogP contribution in [0.5, 0.6) is 0 Å². The quantitative estimate of drug-likeness (QED) is 0.498. The first-order chi connectivity index (χ1) is 16.7. The lowest BCUT2D eigenvalue weighted by Gasteiger charge is -2.38. The Labute approximate surface area is 195 Å². The number of hydrogen-bond donors (Lipinski definition) is 1. The van der Waals surface area contributed by atoms with Crippen molar-refractivity contribution in [2.75, 3.05) is 23.3 Å². The van der Waals surface area contributed by atoms with Gasteiger partial charge in [0.1, 0.15) is 6.33 Å². The van der Waals surface area contributed by atoms with E-state index in [2.05, 4.69) is 36.4 Å². The lowest BCUT2D eigenvalue weighted by molar-refractivity contribution is -0.121. The molecule has 34 heavy (non-hydrogen) atoms. The van der Waals surface area contributed by atoms with Crippen molar-refractivity contribution in [2.24, 2.45) is 0 Å². The summed E-state index contributed by atoms with van der Waals surface area (Å²) in [4.78, 5) is 29.2. The number of rotatable bonds is 4. The van der Waals surface area contributed by atoms with Crippen molar-refractivity contribution < 1.29 is 9.21 Å². The molecule has 1 N–H and O–H groups in total. The monoisotopic (exact) mass is 456 g/mol. The van der Waals surface area contributed by atoms with Gasteiger partial charge in [0.2, 0.25) is 17.6 Å². The summed E-state index contributed by atoms with van der Waals surface area (Å²) >= 11 is 0. The molecule has 0 atom stereocenters. The van der Waals surface area contributed by atoms with Crippen LogP contribution in [-0.2, 0) is 16.8 Å². The normalized spacial score (nSPS) is 19.1. The van der Waals surface area contributed by atoms with Gasteiger partial charge in [-0.1, -0.05) is 18.2 Å². The van der Waals surface area contributed by atoms with Gasteiger partial charge >= 0.3 is 0 Å². The summed E-state index contributed by atoms with van der Waals surface area (Å²) in [7, 11) is 0. The second-order valence-electron chi connectivity index (χ2n) is 9.34. The third-order valence-electron chi connectivity index (χ3n) is 7.43. The van der Waals surface area contributed by atoms with Gasteiger partial charge in [0, 0.05) is 31.2 Å². The molecule has 1 saturated carbocycles. The zero-order valence-electron chi connectivity index (χ0n) is 18.9. The number of para-hydroxylation sites is 1. The summed E-state index contributed by atoms with van der Waals surface area (Å²) in [5.74, 6) is 2.99. The second kappa shape index (κ2) is 7.09. The first kappa shape index (κ1) is 19.6. The van der Waals surface area contributed by atoms with Gasteiger partial charge < -0.3 is 19.2 Å². The molecule has 1 amide bonds. The van der Waals surface area contributed by atoms with Gasteiger partial charge in [0.25, 0.3) is 5.89 Å². The molecule has 172 valence electrons. The SMILES string of the molecule is CCn1c(-c2nnc(C3CC3)o2)nc2c(N3CCC4(CC3)C(=O)Nc3ccccc34)ncnc21. The van der Waals surface area contributed by atoms with Crippen molar-refractivity contribution in [3.63, 3.8) is 0 Å². The largest absolute Gasteiger partial charge is 0.418 e. The van der Waals surface area contributed by atoms with Crippen LogP contribution in [0.1, 0.15) is 50.0 Å². The fourth-order valence-corrected chi connectivity index (χ4v) is 5.41. The molecule has 3 aromatic heterocycles. The van der Waals surface area contributed by atoms with E-state index in [4.69, 9.17) is 9.40 Å². The number of hydrogen-bond acceptors (Lipinski definition) is 8. The first-order valence-corrected chi connectivity index (χ1v) is 11.9. The maximum atomic E-state index is 13.0. The van der Waals surface area contributed by atoms with E-state index in [1.165, 1.54) is 0 Å². The summed E-state index contributed by atoms with van der Waals surface area (Å²) < 4.78 is 7.94. The number of carbonyl (C=O) groups excluding carboxylic acids is 1. The average Bonchev–Trinajstić information content (AvgIpc) is 3.38. The minimum Gasteiger partial charge on any atom is -0.418 e. The number of piperidine rings is 1. The summed E-state index contributed by atoms with van der Waals surface area (Å²) in [5, 5.41) is 11.6. The van der Waals surface area contributed by atoms with Crippen LogP contribution in [0, 0.1) is 0 Å². The Morgan fingerprint density at radius 3 is 2.76 bits per heavy atom. The van der Waals surface area contributed by atoms with Gasteiger partial charge in [0.05, 0.1) is 5.41 Å². The molecule has 0 radical (unpaired) electrons. The van der Waals surface area contributed by atoms with Crippen molar-refractivity contribution in [1.29, 1.82) is 0 Å². The van der Waals surface area contributed by atoms with Crippen LogP contribution in [0.4, 0.5) is 11.5 Å². The second-order valence-corrected chi connectivity index (χ2v) is 9.34. The predicted octanol–water partition coefficient (Wildman–Crippen LogP) is 3.26. The molecule has 3 aliphatic rings. The fraction of sp³-hybridized carbons (Fsp3) is 0.417. The van der Waals surface area contributed by atoms with Gasteiger partial charge in [-0.15, -0.1) is 10.2 Å². The molecule has 0 unspecified atom stereocenters. The average molecular weight is 457 g/mol. The van der Waals surface area contributed by atoms with Crippen molar-refractivity contribution in [1.82, 2.24) is 29.7 Å². The van der Waals surface area contributed by atoms with Gasteiger partial charge in [-0.05, 0) is 44.2 Å². The highest BCUT2D eigenvalue weighted by atomic mass is 16.4. The molecular formula is C24H24N8O2. The van der Waals surface area contributed by atoms with Crippen LogP contribution in [0.15, 0.2) is 35.0 Å². The van der Waals surface area contributed by atoms with E-state index in [1.54, 1.807) is 6.33 Å². The number of aromatic nitrogens is 6. The lowest BCUT2D eigenvalue weighted by Crippen LogP contribution is -2.46.